The molecule has 1 fully saturated rings. The molecule has 30 heavy (non-hydrogen) atoms. The van der Waals surface area contributed by atoms with E-state index in [1.165, 1.54) is 0 Å². The Kier molecular flexibility index (Phi) is 4.32. The second-order valence-electron chi connectivity index (χ2n) is 7.47. The van der Waals surface area contributed by atoms with Crippen LogP contribution in [0.2, 0.25) is 5.02 Å². The van der Waals surface area contributed by atoms with Crippen LogP contribution in [0, 0.1) is 0 Å². The van der Waals surface area contributed by atoms with Gasteiger partial charge >= 0.3 is 6.03 Å². The van der Waals surface area contributed by atoms with E-state index in [2.05, 4.69) is 10.6 Å². The molecule has 3 aliphatic rings. The Balaban J connectivity index is 1.36. The number of hydrogen-bond acceptors (Lipinski definition) is 5. The number of nitrogens with one attached hydrogen (secondary N) is 2. The third kappa shape index (κ3) is 2.87. The largest absolute Gasteiger partial charge is 0.454 e. The fraction of sp³-hybridized carbons (Fsp3) is 0.286. The molecular weight excluding hydrogens is 410 g/mol. The number of nitrogens with zero attached hydrogens (tertiary/aromatic N) is 1. The van der Waals surface area contributed by atoms with Crippen molar-refractivity contribution in [1.29, 1.82) is 0 Å². The summed E-state index contributed by atoms with van der Waals surface area (Å²) in [6.07, 6.45) is 2.13. The third-order valence-corrected chi connectivity index (χ3v) is 6.00. The second-order valence-corrected chi connectivity index (χ2v) is 7.88. The monoisotopic (exact) mass is 427 g/mol. The van der Waals surface area contributed by atoms with Gasteiger partial charge in [0, 0.05) is 12.1 Å². The Bertz CT molecular complexity index is 1090. The van der Waals surface area contributed by atoms with Crippen molar-refractivity contribution in [2.45, 2.75) is 24.8 Å². The lowest BCUT2D eigenvalue weighted by molar-refractivity contribution is -0.134. The maximum Gasteiger partial charge on any atom is 0.325 e. The zero-order chi connectivity index (χ0) is 20.9. The molecule has 2 N–H and O–H groups in total. The van der Waals surface area contributed by atoms with Crippen molar-refractivity contribution in [1.82, 2.24) is 10.2 Å². The topological polar surface area (TPSA) is 97.0 Å². The summed E-state index contributed by atoms with van der Waals surface area (Å²) in [7, 11) is 0. The number of hydrogen-bond donors (Lipinski definition) is 2. The maximum atomic E-state index is 13.3. The minimum Gasteiger partial charge on any atom is -0.454 e. The highest BCUT2D eigenvalue weighted by atomic mass is 35.5. The van der Waals surface area contributed by atoms with Gasteiger partial charge in [-0.25, -0.2) is 4.79 Å². The number of imide groups is 1. The van der Waals surface area contributed by atoms with Crippen molar-refractivity contribution in [3.8, 4) is 11.5 Å². The van der Waals surface area contributed by atoms with Crippen molar-refractivity contribution < 1.29 is 23.9 Å². The zero-order valence-electron chi connectivity index (χ0n) is 15.9. The van der Waals surface area contributed by atoms with Crippen LogP contribution in [-0.4, -0.2) is 36.1 Å². The van der Waals surface area contributed by atoms with E-state index in [0.717, 1.165) is 28.9 Å². The summed E-state index contributed by atoms with van der Waals surface area (Å²) in [6, 6.07) is 10.1. The van der Waals surface area contributed by atoms with E-state index in [9.17, 15) is 14.4 Å². The van der Waals surface area contributed by atoms with Gasteiger partial charge in [-0.3, -0.25) is 14.5 Å². The molecule has 0 radical (unpaired) electrons. The van der Waals surface area contributed by atoms with E-state index < -0.39 is 29.9 Å². The Morgan fingerprint density at radius 3 is 2.80 bits per heavy atom. The van der Waals surface area contributed by atoms with Crippen LogP contribution in [0.5, 0.6) is 11.5 Å². The second kappa shape index (κ2) is 6.91. The average molecular weight is 428 g/mol. The van der Waals surface area contributed by atoms with Gasteiger partial charge in [-0.05, 0) is 30.4 Å². The highest BCUT2D eigenvalue weighted by Crippen LogP contribution is 2.41. The number of anilines is 1. The summed E-state index contributed by atoms with van der Waals surface area (Å²) < 4.78 is 10.5. The summed E-state index contributed by atoms with van der Waals surface area (Å²) in [5.74, 6) is -0.000505. The molecule has 2 aromatic rings. The first kappa shape index (κ1) is 18.7. The number of urea groups is 1. The number of amides is 4. The highest BCUT2D eigenvalue weighted by Gasteiger charge is 2.54. The molecule has 154 valence electrons. The van der Waals surface area contributed by atoms with Gasteiger partial charge < -0.3 is 20.1 Å². The minimum atomic E-state index is -1.11. The van der Waals surface area contributed by atoms with E-state index in [-0.39, 0.29) is 11.8 Å². The van der Waals surface area contributed by atoms with Gasteiger partial charge in [0.2, 0.25) is 12.7 Å². The summed E-state index contributed by atoms with van der Waals surface area (Å²) >= 11 is 6.19. The standard InChI is InChI=1S/C21H18ClN3O5/c22-14-8-16-17(30-11-29-16)9-15(14)23-18(26)10-25-19(27)21(24-20(25)28)7-3-5-12-4-1-2-6-13(12)21/h1-2,4,6,8-9H,3,5,7,10-11H2,(H,23,26)(H,24,28). The quantitative estimate of drug-likeness (QED) is 0.734. The molecule has 5 rings (SSSR count). The Morgan fingerprint density at radius 1 is 1.20 bits per heavy atom. The average Bonchev–Trinajstić information content (AvgIpc) is 3.27. The van der Waals surface area contributed by atoms with Gasteiger partial charge in [-0.1, -0.05) is 35.9 Å². The first-order valence-electron chi connectivity index (χ1n) is 9.59. The summed E-state index contributed by atoms with van der Waals surface area (Å²) in [5.41, 5.74) is 1.05. The molecular formula is C21H18ClN3O5. The molecule has 0 bridgehead atoms. The Hall–Kier alpha value is -3.26. The molecule has 2 aromatic carbocycles. The van der Waals surface area contributed by atoms with Crippen molar-refractivity contribution in [3.05, 3.63) is 52.5 Å². The van der Waals surface area contributed by atoms with Crippen LogP contribution in [0.4, 0.5) is 10.5 Å². The molecule has 1 saturated heterocycles. The lowest BCUT2D eigenvalue weighted by Gasteiger charge is -2.33. The molecule has 0 saturated carbocycles. The van der Waals surface area contributed by atoms with E-state index in [1.807, 2.05) is 24.3 Å². The molecule has 2 heterocycles. The summed E-state index contributed by atoms with van der Waals surface area (Å²) in [4.78, 5) is 39.5. The van der Waals surface area contributed by atoms with Gasteiger partial charge in [0.25, 0.3) is 5.91 Å². The van der Waals surface area contributed by atoms with Crippen LogP contribution in [0.15, 0.2) is 36.4 Å². The van der Waals surface area contributed by atoms with Crippen molar-refractivity contribution >= 4 is 35.1 Å². The van der Waals surface area contributed by atoms with Gasteiger partial charge in [-0.2, -0.15) is 0 Å². The Labute approximate surface area is 177 Å². The minimum absolute atomic E-state index is 0.0784. The van der Waals surface area contributed by atoms with Crippen LogP contribution in [0.1, 0.15) is 24.0 Å². The molecule has 9 heteroatoms. The number of carbonyl (C=O) groups is 3. The molecule has 1 aliphatic carbocycles. The molecule has 1 atom stereocenters. The summed E-state index contributed by atoms with van der Waals surface area (Å²) in [5, 5.41) is 5.74. The van der Waals surface area contributed by atoms with Crippen LogP contribution >= 0.6 is 11.6 Å². The zero-order valence-corrected chi connectivity index (χ0v) is 16.6. The number of benzene rings is 2. The van der Waals surface area contributed by atoms with Crippen LogP contribution in [0.25, 0.3) is 0 Å². The highest BCUT2D eigenvalue weighted by molar-refractivity contribution is 6.34. The molecule has 4 amide bonds. The third-order valence-electron chi connectivity index (χ3n) is 5.69. The smallest absolute Gasteiger partial charge is 0.325 e. The van der Waals surface area contributed by atoms with Gasteiger partial charge in [0.1, 0.15) is 12.1 Å². The molecule has 1 unspecified atom stereocenters. The SMILES string of the molecule is O=C(CN1C(=O)NC2(CCCc3ccccc32)C1=O)Nc1cc2c(cc1Cl)OCO2. The van der Waals surface area contributed by atoms with Gasteiger partial charge in [0.05, 0.1) is 10.7 Å². The van der Waals surface area contributed by atoms with Gasteiger partial charge in [-0.15, -0.1) is 0 Å². The normalized spacial score (nSPS) is 21.6. The lowest BCUT2D eigenvalue weighted by Crippen LogP contribution is -2.47. The predicted octanol–water partition coefficient (Wildman–Crippen LogP) is 2.79. The van der Waals surface area contributed by atoms with Crippen molar-refractivity contribution in [2.75, 3.05) is 18.7 Å². The maximum absolute atomic E-state index is 13.3. The number of carbonyl (C=O) groups excluding carboxylic acids is 3. The van der Waals surface area contributed by atoms with Gasteiger partial charge in [0.15, 0.2) is 11.5 Å². The first-order valence-corrected chi connectivity index (χ1v) is 9.97. The Morgan fingerprint density at radius 2 is 1.97 bits per heavy atom. The van der Waals surface area contributed by atoms with E-state index in [4.69, 9.17) is 21.1 Å². The van der Waals surface area contributed by atoms with E-state index in [0.29, 0.717) is 23.6 Å². The lowest BCUT2D eigenvalue weighted by atomic mass is 9.76. The van der Waals surface area contributed by atoms with Crippen molar-refractivity contribution in [2.24, 2.45) is 0 Å². The molecule has 2 aliphatic heterocycles. The van der Waals surface area contributed by atoms with E-state index in [1.54, 1.807) is 12.1 Å². The number of halogens is 1. The fourth-order valence-electron chi connectivity index (χ4n) is 4.30. The van der Waals surface area contributed by atoms with Crippen LogP contribution < -0.4 is 20.1 Å². The molecule has 0 aromatic heterocycles. The van der Waals surface area contributed by atoms with Crippen LogP contribution in [0.3, 0.4) is 0 Å². The molecule has 1 spiro atoms. The van der Waals surface area contributed by atoms with E-state index >= 15 is 0 Å². The summed E-state index contributed by atoms with van der Waals surface area (Å²) in [6.45, 7) is -0.339. The fourth-order valence-corrected chi connectivity index (χ4v) is 4.50. The number of aryl methyl sites for hydroxylation is 1. The number of fused-ring (bicyclic) bond motifs is 3. The van der Waals surface area contributed by atoms with Crippen molar-refractivity contribution in [3.63, 3.8) is 0 Å². The number of ether oxygens (including phenoxy) is 2. The molecule has 8 nitrogen and oxygen atoms in total. The first-order chi connectivity index (χ1) is 14.5. The van der Waals surface area contributed by atoms with Crippen LogP contribution in [-0.2, 0) is 21.5 Å². The number of rotatable bonds is 3. The predicted molar refractivity (Wildman–Crippen MR) is 108 cm³/mol.